The van der Waals surface area contributed by atoms with E-state index in [0.717, 1.165) is 30.2 Å². The smallest absolute Gasteiger partial charge is 0.339 e. The molecule has 0 amide bonds. The number of nitrogens with one attached hydrogen (secondary N) is 1. The normalized spacial score (nSPS) is 14.0. The molecule has 174 valence electrons. The van der Waals surface area contributed by atoms with Gasteiger partial charge in [0.05, 0.1) is 14.2 Å². The third kappa shape index (κ3) is 5.12. The molecular weight excluding hydrogens is 445 g/mol. The summed E-state index contributed by atoms with van der Waals surface area (Å²) in [6.07, 6.45) is 2.29. The van der Waals surface area contributed by atoms with Crippen LogP contribution in [0.15, 0.2) is 59.5 Å². The SMILES string of the molecule is COc1ccc2c(c1)CCNCc1c(ccc(OC)c1OS(=O)(=O)c1cccc(F)c1)CC2. The monoisotopic (exact) mass is 471 g/mol. The van der Waals surface area contributed by atoms with Crippen molar-refractivity contribution in [1.29, 1.82) is 0 Å². The van der Waals surface area contributed by atoms with Gasteiger partial charge in [-0.15, -0.1) is 0 Å². The molecule has 8 heteroatoms. The summed E-state index contributed by atoms with van der Waals surface area (Å²) in [6, 6.07) is 14.5. The minimum Gasteiger partial charge on any atom is -0.497 e. The summed E-state index contributed by atoms with van der Waals surface area (Å²) in [5.41, 5.74) is 4.11. The Bertz CT molecular complexity index is 1260. The molecule has 33 heavy (non-hydrogen) atoms. The Morgan fingerprint density at radius 2 is 1.67 bits per heavy atom. The second-order valence-corrected chi connectivity index (χ2v) is 9.34. The van der Waals surface area contributed by atoms with Gasteiger partial charge in [0.25, 0.3) is 0 Å². The van der Waals surface area contributed by atoms with Crippen molar-refractivity contribution >= 4 is 10.1 Å². The fourth-order valence-electron chi connectivity index (χ4n) is 4.02. The van der Waals surface area contributed by atoms with E-state index in [1.165, 1.54) is 36.4 Å². The second-order valence-electron chi connectivity index (χ2n) is 7.79. The van der Waals surface area contributed by atoms with Crippen LogP contribution in [0.25, 0.3) is 0 Å². The van der Waals surface area contributed by atoms with Crippen molar-refractivity contribution in [3.05, 3.63) is 82.7 Å². The van der Waals surface area contributed by atoms with E-state index in [0.29, 0.717) is 30.8 Å². The molecule has 0 fully saturated rings. The molecule has 0 aliphatic carbocycles. The number of benzene rings is 3. The zero-order valence-electron chi connectivity index (χ0n) is 18.6. The Balaban J connectivity index is 1.71. The van der Waals surface area contributed by atoms with E-state index in [1.807, 2.05) is 12.1 Å². The van der Waals surface area contributed by atoms with Crippen molar-refractivity contribution in [2.75, 3.05) is 20.8 Å². The minimum atomic E-state index is -4.26. The summed E-state index contributed by atoms with van der Waals surface area (Å²) in [5, 5.41) is 3.38. The van der Waals surface area contributed by atoms with Crippen LogP contribution in [0, 0.1) is 5.82 Å². The van der Waals surface area contributed by atoms with Gasteiger partial charge in [0.2, 0.25) is 0 Å². The first-order chi connectivity index (χ1) is 15.9. The van der Waals surface area contributed by atoms with E-state index in [9.17, 15) is 12.8 Å². The third-order valence-electron chi connectivity index (χ3n) is 5.77. The van der Waals surface area contributed by atoms with Crippen LogP contribution in [0.5, 0.6) is 17.2 Å². The molecule has 0 saturated heterocycles. The van der Waals surface area contributed by atoms with Gasteiger partial charge < -0.3 is 19.0 Å². The largest absolute Gasteiger partial charge is 0.497 e. The summed E-state index contributed by atoms with van der Waals surface area (Å²) in [6.45, 7) is 1.09. The molecule has 0 radical (unpaired) electrons. The maximum absolute atomic E-state index is 13.6. The quantitative estimate of drug-likeness (QED) is 0.566. The van der Waals surface area contributed by atoms with Gasteiger partial charge in [-0.3, -0.25) is 0 Å². The van der Waals surface area contributed by atoms with E-state index in [4.69, 9.17) is 13.7 Å². The molecule has 0 unspecified atom stereocenters. The molecule has 0 aromatic heterocycles. The number of aryl methyl sites for hydroxylation is 2. The Hall–Kier alpha value is -3.10. The lowest BCUT2D eigenvalue weighted by molar-refractivity contribution is 0.387. The highest BCUT2D eigenvalue weighted by molar-refractivity contribution is 7.87. The van der Waals surface area contributed by atoms with Gasteiger partial charge in [-0.25, -0.2) is 4.39 Å². The number of hydrogen-bond donors (Lipinski definition) is 1. The van der Waals surface area contributed by atoms with E-state index in [-0.39, 0.29) is 10.6 Å². The predicted molar refractivity (Wildman–Crippen MR) is 123 cm³/mol. The van der Waals surface area contributed by atoms with Gasteiger partial charge in [0.15, 0.2) is 11.5 Å². The molecule has 6 nitrogen and oxygen atoms in total. The van der Waals surface area contributed by atoms with Crippen LogP contribution in [0.2, 0.25) is 0 Å². The Kier molecular flexibility index (Phi) is 6.85. The molecule has 1 heterocycles. The maximum atomic E-state index is 13.6. The van der Waals surface area contributed by atoms with E-state index in [1.54, 1.807) is 13.2 Å². The summed E-state index contributed by atoms with van der Waals surface area (Å²) in [5.74, 6) is 0.605. The van der Waals surface area contributed by atoms with Crippen molar-refractivity contribution in [1.82, 2.24) is 5.32 Å². The van der Waals surface area contributed by atoms with Gasteiger partial charge in [0, 0.05) is 12.1 Å². The van der Waals surface area contributed by atoms with Gasteiger partial charge in [-0.1, -0.05) is 18.2 Å². The summed E-state index contributed by atoms with van der Waals surface area (Å²) < 4.78 is 55.8. The Morgan fingerprint density at radius 3 is 2.42 bits per heavy atom. The molecule has 1 N–H and O–H groups in total. The third-order valence-corrected chi connectivity index (χ3v) is 6.99. The van der Waals surface area contributed by atoms with Gasteiger partial charge in [0.1, 0.15) is 16.5 Å². The van der Waals surface area contributed by atoms with E-state index < -0.39 is 15.9 Å². The number of hydrogen-bond acceptors (Lipinski definition) is 6. The van der Waals surface area contributed by atoms with Crippen LogP contribution in [-0.4, -0.2) is 29.2 Å². The molecular formula is C25H26FNO5S. The first-order valence-corrected chi connectivity index (χ1v) is 12.1. The number of rotatable bonds is 5. The van der Waals surface area contributed by atoms with Gasteiger partial charge >= 0.3 is 10.1 Å². The molecule has 1 aliphatic heterocycles. The highest BCUT2D eigenvalue weighted by Crippen LogP contribution is 2.37. The van der Waals surface area contributed by atoms with E-state index >= 15 is 0 Å². The van der Waals surface area contributed by atoms with Crippen LogP contribution in [-0.2, 0) is 35.9 Å². The summed E-state index contributed by atoms with van der Waals surface area (Å²) in [4.78, 5) is -0.252. The molecule has 0 saturated carbocycles. The molecule has 3 aromatic carbocycles. The standard InChI is InChI=1S/C25H26FNO5S/c1-30-21-10-8-17-6-7-18-9-11-24(31-2)25(23(18)16-27-13-12-19(17)14-21)32-33(28,29)22-5-3-4-20(26)15-22/h3-5,8-11,14-15,27H,6-7,12-13,16H2,1-2H3. The van der Waals surface area contributed by atoms with Crippen molar-refractivity contribution < 1.29 is 26.5 Å². The zero-order valence-corrected chi connectivity index (χ0v) is 19.4. The lowest BCUT2D eigenvalue weighted by atomic mass is 9.94. The van der Waals surface area contributed by atoms with Gasteiger partial charge in [-0.2, -0.15) is 8.42 Å². The average molecular weight is 472 g/mol. The van der Waals surface area contributed by atoms with Crippen molar-refractivity contribution in [2.45, 2.75) is 30.7 Å². The molecule has 1 aliphatic rings. The highest BCUT2D eigenvalue weighted by Gasteiger charge is 2.24. The predicted octanol–water partition coefficient (Wildman–Crippen LogP) is 4.04. The minimum absolute atomic E-state index is 0.127. The first kappa shape index (κ1) is 23.1. The van der Waals surface area contributed by atoms with Crippen LogP contribution < -0.4 is 19.0 Å². The summed E-state index contributed by atoms with van der Waals surface area (Å²) in [7, 11) is -1.14. The second kappa shape index (κ2) is 9.80. The average Bonchev–Trinajstić information content (AvgIpc) is 2.81. The van der Waals surface area contributed by atoms with Crippen molar-refractivity contribution in [3.63, 3.8) is 0 Å². The van der Waals surface area contributed by atoms with Gasteiger partial charge in [-0.05, 0) is 78.9 Å². The number of methoxy groups -OCH3 is 2. The number of ether oxygens (including phenoxy) is 2. The maximum Gasteiger partial charge on any atom is 0.339 e. The van der Waals surface area contributed by atoms with Crippen LogP contribution in [0.3, 0.4) is 0 Å². The van der Waals surface area contributed by atoms with Crippen molar-refractivity contribution in [3.8, 4) is 17.2 Å². The van der Waals surface area contributed by atoms with Crippen LogP contribution in [0.4, 0.5) is 4.39 Å². The van der Waals surface area contributed by atoms with E-state index in [2.05, 4.69) is 17.4 Å². The van der Waals surface area contributed by atoms with Crippen LogP contribution >= 0.6 is 0 Å². The number of fused-ring (bicyclic) bond motifs is 2. The fraction of sp³-hybridized carbons (Fsp3) is 0.280. The zero-order chi connectivity index (χ0) is 23.4. The lowest BCUT2D eigenvalue weighted by Crippen LogP contribution is -2.21. The fourth-order valence-corrected chi connectivity index (χ4v) is 5.02. The van der Waals surface area contributed by atoms with Crippen LogP contribution in [0.1, 0.15) is 22.3 Å². The molecule has 3 aromatic rings. The highest BCUT2D eigenvalue weighted by atomic mass is 32.2. The number of halogens is 1. The molecule has 4 rings (SSSR count). The lowest BCUT2D eigenvalue weighted by Gasteiger charge is -2.21. The molecule has 0 bridgehead atoms. The Labute approximate surface area is 193 Å². The summed E-state index contributed by atoms with van der Waals surface area (Å²) >= 11 is 0. The Morgan fingerprint density at radius 1 is 0.879 bits per heavy atom. The molecule has 0 spiro atoms. The van der Waals surface area contributed by atoms with Crippen molar-refractivity contribution in [2.24, 2.45) is 0 Å². The topological polar surface area (TPSA) is 73.9 Å². The first-order valence-electron chi connectivity index (χ1n) is 10.7. The molecule has 0 atom stereocenters.